The van der Waals surface area contributed by atoms with Crippen LogP contribution in [-0.2, 0) is 0 Å². The van der Waals surface area contributed by atoms with Gasteiger partial charge >= 0.3 is 0 Å². The molecule has 3 heteroatoms. The molecule has 0 bridgehead atoms. The Morgan fingerprint density at radius 3 is 2.88 bits per heavy atom. The maximum atomic E-state index is 5.47. The van der Waals surface area contributed by atoms with E-state index in [0.717, 1.165) is 11.7 Å². The molecule has 1 aliphatic heterocycles. The highest BCUT2D eigenvalue weighted by Gasteiger charge is 2.25. The molecule has 1 fully saturated rings. The number of hydrogen-bond donors (Lipinski definition) is 1. The zero-order valence-electron chi connectivity index (χ0n) is 10.6. The molecule has 2 atom stereocenters. The fourth-order valence-corrected chi connectivity index (χ4v) is 3.80. The normalized spacial score (nSPS) is 22.1. The van der Waals surface area contributed by atoms with E-state index >= 15 is 0 Å². The summed E-state index contributed by atoms with van der Waals surface area (Å²) in [6, 6.07) is 8.77. The van der Waals surface area contributed by atoms with E-state index in [0.29, 0.717) is 6.04 Å². The Labute approximate surface area is 108 Å². The summed E-state index contributed by atoms with van der Waals surface area (Å²) < 4.78 is 5.47. The minimum atomic E-state index is 0.416. The lowest BCUT2D eigenvalue weighted by molar-refractivity contribution is 0.357. The van der Waals surface area contributed by atoms with E-state index in [4.69, 9.17) is 4.74 Å². The highest BCUT2D eigenvalue weighted by molar-refractivity contribution is 7.99. The lowest BCUT2D eigenvalue weighted by atomic mass is 9.90. The molecule has 1 saturated heterocycles. The molecule has 2 unspecified atom stereocenters. The van der Waals surface area contributed by atoms with Crippen LogP contribution in [0.1, 0.15) is 24.4 Å². The molecule has 0 amide bonds. The molecule has 2 rings (SSSR count). The third-order valence-electron chi connectivity index (χ3n) is 3.45. The van der Waals surface area contributed by atoms with Gasteiger partial charge in [0.05, 0.1) is 7.11 Å². The molecule has 1 heterocycles. The van der Waals surface area contributed by atoms with Gasteiger partial charge in [-0.05, 0) is 43.4 Å². The van der Waals surface area contributed by atoms with Crippen molar-refractivity contribution in [3.63, 3.8) is 0 Å². The molecule has 1 N–H and O–H groups in total. The maximum absolute atomic E-state index is 5.47. The zero-order valence-corrected chi connectivity index (χ0v) is 11.4. The Hall–Kier alpha value is -0.670. The Balaban J connectivity index is 2.21. The molecule has 1 aliphatic rings. The van der Waals surface area contributed by atoms with Crippen LogP contribution in [0.5, 0.6) is 5.75 Å². The number of rotatable bonds is 4. The van der Waals surface area contributed by atoms with Crippen LogP contribution in [0.3, 0.4) is 0 Å². The van der Waals surface area contributed by atoms with Crippen molar-refractivity contribution in [3.8, 4) is 5.75 Å². The van der Waals surface area contributed by atoms with E-state index in [1.165, 1.54) is 29.9 Å². The number of benzene rings is 1. The molecule has 0 radical (unpaired) electrons. The van der Waals surface area contributed by atoms with E-state index < -0.39 is 0 Å². The Morgan fingerprint density at radius 1 is 1.41 bits per heavy atom. The second-order valence-corrected chi connectivity index (χ2v) is 5.64. The first kappa shape index (κ1) is 12.8. The van der Waals surface area contributed by atoms with E-state index in [1.807, 2.05) is 6.07 Å². The Kier molecular flexibility index (Phi) is 4.75. The maximum Gasteiger partial charge on any atom is 0.123 e. The summed E-state index contributed by atoms with van der Waals surface area (Å²) in [5.74, 6) is 4.29. The highest BCUT2D eigenvalue weighted by Crippen LogP contribution is 2.36. The van der Waals surface area contributed by atoms with Crippen molar-refractivity contribution in [3.05, 3.63) is 29.8 Å². The third kappa shape index (κ3) is 2.96. The molecular formula is C14H21NOS. The Morgan fingerprint density at radius 2 is 2.24 bits per heavy atom. The average molecular weight is 251 g/mol. The van der Waals surface area contributed by atoms with Crippen molar-refractivity contribution in [2.24, 2.45) is 5.92 Å². The van der Waals surface area contributed by atoms with Crippen LogP contribution < -0.4 is 10.1 Å². The molecule has 17 heavy (non-hydrogen) atoms. The van der Waals surface area contributed by atoms with E-state index in [1.54, 1.807) is 7.11 Å². The lowest BCUT2D eigenvalue weighted by Crippen LogP contribution is -2.29. The fourth-order valence-electron chi connectivity index (χ4n) is 2.60. The van der Waals surface area contributed by atoms with Crippen LogP contribution >= 0.6 is 11.8 Å². The second-order valence-electron chi connectivity index (χ2n) is 4.49. The van der Waals surface area contributed by atoms with Gasteiger partial charge in [0.15, 0.2) is 0 Å². The first-order valence-corrected chi connectivity index (χ1v) is 7.40. The molecular weight excluding hydrogens is 230 g/mol. The van der Waals surface area contributed by atoms with Crippen molar-refractivity contribution in [2.75, 3.05) is 25.7 Å². The largest absolute Gasteiger partial charge is 0.496 e. The topological polar surface area (TPSA) is 21.3 Å². The van der Waals surface area contributed by atoms with Crippen LogP contribution in [0.4, 0.5) is 0 Å². The molecule has 1 aromatic rings. The number of para-hydroxylation sites is 1. The first-order chi connectivity index (χ1) is 8.36. The first-order valence-electron chi connectivity index (χ1n) is 6.24. The molecule has 0 spiro atoms. The van der Waals surface area contributed by atoms with Crippen molar-refractivity contribution in [1.29, 1.82) is 0 Å². The molecule has 2 nitrogen and oxygen atoms in total. The van der Waals surface area contributed by atoms with Gasteiger partial charge in [-0.1, -0.05) is 18.2 Å². The molecule has 0 aromatic heterocycles. The van der Waals surface area contributed by atoms with Crippen LogP contribution in [0.2, 0.25) is 0 Å². The van der Waals surface area contributed by atoms with Gasteiger partial charge in [0.2, 0.25) is 0 Å². The monoisotopic (exact) mass is 251 g/mol. The van der Waals surface area contributed by atoms with Gasteiger partial charge in [0.1, 0.15) is 5.75 Å². The number of methoxy groups -OCH3 is 1. The van der Waals surface area contributed by atoms with Crippen LogP contribution in [-0.4, -0.2) is 25.7 Å². The van der Waals surface area contributed by atoms with Gasteiger partial charge in [-0.2, -0.15) is 11.8 Å². The predicted octanol–water partition coefficient (Wildman–Crippen LogP) is 3.10. The third-order valence-corrected chi connectivity index (χ3v) is 4.69. The second kappa shape index (κ2) is 6.31. The number of thioether (sulfide) groups is 1. The summed E-state index contributed by atoms with van der Waals surface area (Å²) in [5.41, 5.74) is 1.30. The highest BCUT2D eigenvalue weighted by atomic mass is 32.2. The standard InChI is InChI=1S/C14H21NOS/c1-15-14(11-6-5-9-17-10-11)12-7-3-4-8-13(12)16-2/h3-4,7-8,11,14-15H,5-6,9-10H2,1-2H3. The SMILES string of the molecule is CNC(c1ccccc1OC)C1CCCSC1. The minimum Gasteiger partial charge on any atom is -0.496 e. The quantitative estimate of drug-likeness (QED) is 0.888. The predicted molar refractivity (Wildman–Crippen MR) is 74.8 cm³/mol. The summed E-state index contributed by atoms with van der Waals surface area (Å²) in [6.45, 7) is 0. The van der Waals surface area contributed by atoms with Crippen LogP contribution in [0.15, 0.2) is 24.3 Å². The van der Waals surface area contributed by atoms with Gasteiger partial charge in [-0.25, -0.2) is 0 Å². The minimum absolute atomic E-state index is 0.416. The molecule has 0 aliphatic carbocycles. The van der Waals surface area contributed by atoms with Crippen LogP contribution in [0.25, 0.3) is 0 Å². The van der Waals surface area contributed by atoms with Crippen LogP contribution in [0, 0.1) is 5.92 Å². The summed E-state index contributed by atoms with van der Waals surface area (Å²) in [4.78, 5) is 0. The molecule has 94 valence electrons. The lowest BCUT2D eigenvalue weighted by Gasteiger charge is -2.30. The van der Waals surface area contributed by atoms with Crippen molar-refractivity contribution < 1.29 is 4.74 Å². The van der Waals surface area contributed by atoms with Gasteiger partial charge < -0.3 is 10.1 Å². The van der Waals surface area contributed by atoms with Crippen molar-refractivity contribution in [2.45, 2.75) is 18.9 Å². The summed E-state index contributed by atoms with van der Waals surface area (Å²) in [7, 11) is 3.80. The number of hydrogen-bond acceptors (Lipinski definition) is 3. The summed E-state index contributed by atoms with van der Waals surface area (Å²) in [6.07, 6.45) is 2.65. The van der Waals surface area contributed by atoms with Gasteiger partial charge in [-0.15, -0.1) is 0 Å². The van der Waals surface area contributed by atoms with E-state index in [2.05, 4.69) is 42.3 Å². The van der Waals surface area contributed by atoms with E-state index in [-0.39, 0.29) is 0 Å². The molecule has 1 aromatic carbocycles. The average Bonchev–Trinajstić information content (AvgIpc) is 2.41. The van der Waals surface area contributed by atoms with Gasteiger partial charge in [0.25, 0.3) is 0 Å². The fraction of sp³-hybridized carbons (Fsp3) is 0.571. The van der Waals surface area contributed by atoms with Gasteiger partial charge in [-0.3, -0.25) is 0 Å². The summed E-state index contributed by atoms with van der Waals surface area (Å²) in [5, 5.41) is 3.47. The van der Waals surface area contributed by atoms with Crippen molar-refractivity contribution >= 4 is 11.8 Å². The Bertz CT molecular complexity index is 350. The zero-order chi connectivity index (χ0) is 12.1. The number of nitrogens with one attached hydrogen (secondary N) is 1. The van der Waals surface area contributed by atoms with Crippen molar-refractivity contribution in [1.82, 2.24) is 5.32 Å². The van der Waals surface area contributed by atoms with E-state index in [9.17, 15) is 0 Å². The molecule has 0 saturated carbocycles. The number of ether oxygens (including phenoxy) is 1. The summed E-state index contributed by atoms with van der Waals surface area (Å²) >= 11 is 2.07. The van der Waals surface area contributed by atoms with Gasteiger partial charge in [0, 0.05) is 11.6 Å². The smallest absolute Gasteiger partial charge is 0.123 e.